The van der Waals surface area contributed by atoms with Gasteiger partial charge in [0.15, 0.2) is 0 Å². The van der Waals surface area contributed by atoms with Gasteiger partial charge in [0.05, 0.1) is 6.10 Å². The van der Waals surface area contributed by atoms with Crippen LogP contribution in [0.25, 0.3) is 0 Å². The molecule has 9 heavy (non-hydrogen) atoms. The van der Waals surface area contributed by atoms with E-state index in [1.807, 2.05) is 0 Å². The van der Waals surface area contributed by atoms with E-state index in [9.17, 15) is 0 Å². The van der Waals surface area contributed by atoms with E-state index in [0.717, 1.165) is 18.8 Å². The molecule has 0 aromatic carbocycles. The van der Waals surface area contributed by atoms with Gasteiger partial charge in [-0.05, 0) is 31.6 Å². The molecule has 1 fully saturated rings. The maximum Gasteiger partial charge on any atom is 0.0787 e. The maximum absolute atomic E-state index is 5.05. The highest BCUT2D eigenvalue weighted by molar-refractivity contribution is 4.68. The van der Waals surface area contributed by atoms with Crippen LogP contribution < -0.4 is 5.90 Å². The minimum atomic E-state index is 0.348. The van der Waals surface area contributed by atoms with Crippen LogP contribution in [0.2, 0.25) is 0 Å². The lowest BCUT2D eigenvalue weighted by Crippen LogP contribution is -2.22. The third kappa shape index (κ3) is 1.95. The molecule has 0 bridgehead atoms. The Bertz CT molecular complexity index is 77.0. The van der Waals surface area contributed by atoms with Crippen molar-refractivity contribution in [3.8, 4) is 0 Å². The second kappa shape index (κ2) is 3.18. The molecule has 0 radical (unpaired) electrons. The van der Waals surface area contributed by atoms with Gasteiger partial charge in [-0.1, -0.05) is 6.92 Å². The van der Waals surface area contributed by atoms with Crippen molar-refractivity contribution in [1.82, 2.24) is 0 Å². The summed E-state index contributed by atoms with van der Waals surface area (Å²) in [6.45, 7) is 2.28. The van der Waals surface area contributed by atoms with E-state index in [2.05, 4.69) is 6.92 Å². The van der Waals surface area contributed by atoms with Crippen LogP contribution in [0.4, 0.5) is 0 Å². The van der Waals surface area contributed by atoms with Gasteiger partial charge in [-0.15, -0.1) is 0 Å². The average molecular weight is 129 g/mol. The van der Waals surface area contributed by atoms with Crippen LogP contribution >= 0.6 is 0 Å². The van der Waals surface area contributed by atoms with Crippen molar-refractivity contribution in [2.24, 2.45) is 11.8 Å². The molecular weight excluding hydrogens is 114 g/mol. The lowest BCUT2D eigenvalue weighted by Gasteiger charge is -2.23. The van der Waals surface area contributed by atoms with Gasteiger partial charge in [-0.3, -0.25) is 0 Å². The number of hydrogen-bond acceptors (Lipinski definition) is 2. The van der Waals surface area contributed by atoms with E-state index in [1.165, 1.54) is 12.8 Å². The Morgan fingerprint density at radius 3 is 2.22 bits per heavy atom. The average Bonchev–Trinajstić information content (AvgIpc) is 1.90. The van der Waals surface area contributed by atoms with Crippen LogP contribution in [0, 0.1) is 5.92 Å². The zero-order chi connectivity index (χ0) is 6.69. The third-order valence-corrected chi connectivity index (χ3v) is 2.16. The molecule has 0 aromatic rings. The molecule has 0 aliphatic heterocycles. The van der Waals surface area contributed by atoms with Gasteiger partial charge in [0.2, 0.25) is 0 Å². The summed E-state index contributed by atoms with van der Waals surface area (Å²) in [5.41, 5.74) is 0. The molecule has 1 rings (SSSR count). The van der Waals surface area contributed by atoms with Crippen molar-refractivity contribution in [2.45, 2.75) is 38.7 Å². The van der Waals surface area contributed by atoms with Gasteiger partial charge < -0.3 is 4.84 Å². The fourth-order valence-corrected chi connectivity index (χ4v) is 1.37. The quantitative estimate of drug-likeness (QED) is 0.544. The van der Waals surface area contributed by atoms with Gasteiger partial charge in [-0.25, -0.2) is 5.90 Å². The fourth-order valence-electron chi connectivity index (χ4n) is 1.37. The second-order valence-corrected chi connectivity index (χ2v) is 3.02. The Balaban J connectivity index is 2.18. The Hall–Kier alpha value is -0.0800. The predicted molar refractivity (Wildman–Crippen MR) is 36.7 cm³/mol. The van der Waals surface area contributed by atoms with Crippen molar-refractivity contribution in [2.75, 3.05) is 0 Å². The van der Waals surface area contributed by atoms with Crippen molar-refractivity contribution in [3.05, 3.63) is 0 Å². The first-order chi connectivity index (χ1) is 4.33. The summed E-state index contributed by atoms with van der Waals surface area (Å²) >= 11 is 0. The first kappa shape index (κ1) is 7.03. The Morgan fingerprint density at radius 1 is 1.22 bits per heavy atom. The SMILES string of the molecule is CC1CCC(ON)CC1. The van der Waals surface area contributed by atoms with Crippen LogP contribution in [-0.2, 0) is 4.84 Å². The van der Waals surface area contributed by atoms with Crippen molar-refractivity contribution in [1.29, 1.82) is 0 Å². The van der Waals surface area contributed by atoms with E-state index < -0.39 is 0 Å². The predicted octanol–water partition coefficient (Wildman–Crippen LogP) is 1.46. The molecule has 0 heterocycles. The molecule has 0 atom stereocenters. The first-order valence-electron chi connectivity index (χ1n) is 3.68. The molecule has 0 unspecified atom stereocenters. The summed E-state index contributed by atoms with van der Waals surface area (Å²) in [4.78, 5) is 4.74. The lowest BCUT2D eigenvalue weighted by atomic mass is 9.89. The molecule has 1 aliphatic carbocycles. The second-order valence-electron chi connectivity index (χ2n) is 3.02. The van der Waals surface area contributed by atoms with E-state index >= 15 is 0 Å². The Kier molecular flexibility index (Phi) is 2.49. The lowest BCUT2D eigenvalue weighted by molar-refractivity contribution is 0.0191. The van der Waals surface area contributed by atoms with Crippen LogP contribution in [0.15, 0.2) is 0 Å². The molecule has 0 aromatic heterocycles. The van der Waals surface area contributed by atoms with Gasteiger partial charge in [-0.2, -0.15) is 0 Å². The minimum absolute atomic E-state index is 0.348. The topological polar surface area (TPSA) is 35.2 Å². The zero-order valence-electron chi connectivity index (χ0n) is 5.97. The molecule has 0 saturated heterocycles. The molecular formula is C7H15NO. The van der Waals surface area contributed by atoms with Crippen molar-refractivity contribution in [3.63, 3.8) is 0 Å². The zero-order valence-corrected chi connectivity index (χ0v) is 5.97. The molecule has 1 aliphatic rings. The van der Waals surface area contributed by atoms with Crippen LogP contribution in [0.1, 0.15) is 32.6 Å². The smallest absolute Gasteiger partial charge is 0.0787 e. The Labute approximate surface area is 56.3 Å². The first-order valence-corrected chi connectivity index (χ1v) is 3.68. The minimum Gasteiger partial charge on any atom is -0.301 e. The molecule has 2 N–H and O–H groups in total. The van der Waals surface area contributed by atoms with Crippen LogP contribution in [-0.4, -0.2) is 6.10 Å². The van der Waals surface area contributed by atoms with E-state index in [-0.39, 0.29) is 0 Å². The van der Waals surface area contributed by atoms with Gasteiger partial charge in [0, 0.05) is 0 Å². The van der Waals surface area contributed by atoms with Gasteiger partial charge >= 0.3 is 0 Å². The number of rotatable bonds is 1. The van der Waals surface area contributed by atoms with E-state index in [0.29, 0.717) is 6.10 Å². The number of nitrogens with two attached hydrogens (primary N) is 1. The summed E-state index contributed by atoms with van der Waals surface area (Å²) < 4.78 is 0. The van der Waals surface area contributed by atoms with Crippen LogP contribution in [0.5, 0.6) is 0 Å². The standard InChI is InChI=1S/C7H15NO/c1-6-2-4-7(9-8)5-3-6/h6-7H,2-5,8H2,1H3. The summed E-state index contributed by atoms with van der Waals surface area (Å²) in [5, 5.41) is 0. The molecule has 0 spiro atoms. The fraction of sp³-hybridized carbons (Fsp3) is 1.00. The summed E-state index contributed by atoms with van der Waals surface area (Å²) in [6, 6.07) is 0. The monoisotopic (exact) mass is 129 g/mol. The molecule has 2 nitrogen and oxygen atoms in total. The van der Waals surface area contributed by atoms with Gasteiger partial charge in [0.25, 0.3) is 0 Å². The maximum atomic E-state index is 5.05. The van der Waals surface area contributed by atoms with Crippen LogP contribution in [0.3, 0.4) is 0 Å². The molecule has 1 saturated carbocycles. The summed E-state index contributed by atoms with van der Waals surface area (Å²) in [5.74, 6) is 5.93. The van der Waals surface area contributed by atoms with E-state index in [4.69, 9.17) is 10.7 Å². The summed E-state index contributed by atoms with van der Waals surface area (Å²) in [6.07, 6.45) is 5.21. The highest BCUT2D eigenvalue weighted by Gasteiger charge is 2.17. The summed E-state index contributed by atoms with van der Waals surface area (Å²) in [7, 11) is 0. The van der Waals surface area contributed by atoms with Crippen molar-refractivity contribution >= 4 is 0 Å². The van der Waals surface area contributed by atoms with Gasteiger partial charge in [0.1, 0.15) is 0 Å². The third-order valence-electron chi connectivity index (χ3n) is 2.16. The normalized spacial score (nSPS) is 36.7. The van der Waals surface area contributed by atoms with Crippen molar-refractivity contribution < 1.29 is 4.84 Å². The highest BCUT2D eigenvalue weighted by atomic mass is 16.6. The Morgan fingerprint density at radius 2 is 1.78 bits per heavy atom. The largest absolute Gasteiger partial charge is 0.301 e. The molecule has 0 amide bonds. The van der Waals surface area contributed by atoms with E-state index in [1.54, 1.807) is 0 Å². The number of hydrogen-bond donors (Lipinski definition) is 1. The molecule has 2 heteroatoms. The molecule has 54 valence electrons. The highest BCUT2D eigenvalue weighted by Crippen LogP contribution is 2.24.